The lowest BCUT2D eigenvalue weighted by atomic mass is 9.65. The van der Waals surface area contributed by atoms with E-state index in [9.17, 15) is 0 Å². The molecule has 0 aromatic heterocycles. The summed E-state index contributed by atoms with van der Waals surface area (Å²) < 4.78 is 0. The van der Waals surface area contributed by atoms with E-state index in [1.165, 1.54) is 270 Å². The summed E-state index contributed by atoms with van der Waals surface area (Å²) in [5, 5.41) is 0. The highest BCUT2D eigenvalue weighted by Gasteiger charge is 2.34. The Morgan fingerprint density at radius 2 is 0.625 bits per heavy atom. The summed E-state index contributed by atoms with van der Waals surface area (Å²) in [6, 6.07) is 5.11. The predicted octanol–water partition coefficient (Wildman–Crippen LogP) is 22.4. The molecule has 0 nitrogen and oxygen atoms in total. The van der Waals surface area contributed by atoms with Crippen LogP contribution in [0.1, 0.15) is 322 Å². The second kappa shape index (κ2) is 45.5. The molecule has 2 rings (SSSR count). The Balaban J connectivity index is 0.000000645. The average Bonchev–Trinajstić information content (AvgIpc) is 3.31. The largest absolute Gasteiger partial charge is 0.0917 e. The van der Waals surface area contributed by atoms with E-state index in [1.54, 1.807) is 22.3 Å². The summed E-state index contributed by atoms with van der Waals surface area (Å²) in [6.45, 7) is 18.5. The van der Waals surface area contributed by atoms with Crippen molar-refractivity contribution in [2.24, 2.45) is 23.7 Å². The quantitative estimate of drug-likeness (QED) is 0.0453. The lowest BCUT2D eigenvalue weighted by molar-refractivity contribution is 0.160. The summed E-state index contributed by atoms with van der Waals surface area (Å²) in [6.07, 6.45) is 68.9. The molecule has 374 valence electrons. The molecule has 0 amide bonds. The Morgan fingerprint density at radius 3 is 1.02 bits per heavy atom. The molecule has 4 unspecified atom stereocenters. The Hall–Kier alpha value is -1.30. The molecule has 0 spiro atoms. The Bertz CT molecular complexity index is 1170. The van der Waals surface area contributed by atoms with Crippen molar-refractivity contribution in [2.75, 3.05) is 0 Å². The Morgan fingerprint density at radius 1 is 0.328 bits per heavy atom. The molecule has 0 saturated heterocycles. The van der Waals surface area contributed by atoms with Gasteiger partial charge < -0.3 is 0 Å². The van der Waals surface area contributed by atoms with E-state index in [1.807, 2.05) is 0 Å². The van der Waals surface area contributed by atoms with Crippen molar-refractivity contribution in [2.45, 2.75) is 325 Å². The maximum atomic E-state index is 2.69. The van der Waals surface area contributed by atoms with Crippen LogP contribution in [0.5, 0.6) is 0 Å². The average molecular weight is 888 g/mol. The zero-order valence-corrected chi connectivity index (χ0v) is 45.5. The predicted molar refractivity (Wildman–Crippen MR) is 294 cm³/mol. The summed E-state index contributed by atoms with van der Waals surface area (Å²) >= 11 is 0. The normalized spacial score (nSPS) is 17.4. The van der Waals surface area contributed by atoms with Gasteiger partial charge in [-0.3, -0.25) is 0 Å². The third-order valence-electron chi connectivity index (χ3n) is 15.4. The first-order valence-electron chi connectivity index (χ1n) is 30.0. The number of allylic oxidation sites excluding steroid dienone is 4. The standard InChI is InChI=1S/C34H62.C30H56/c1-5-9-13-17-20-24-28-34-31(25-21-16-12-8-4)29-30-32(26-22-18-14-10-6-2)33(34)27-23-19-15-11-7-3;1-5-9-13-16-19-22-28-26-25-27(21-18-15-11-7-3)29(23-12-8-4)30(28)24-20-17-14-10-6-2/h29-30H,5-28H2,1-4H3;8,12,25-30H,5-7,9-11,13-24H2,1-4H3/b;12-8+. The van der Waals surface area contributed by atoms with E-state index in [0.717, 1.165) is 23.7 Å². The van der Waals surface area contributed by atoms with Crippen LogP contribution in [0.4, 0.5) is 0 Å². The van der Waals surface area contributed by atoms with Gasteiger partial charge in [-0.25, -0.2) is 0 Å². The third-order valence-corrected chi connectivity index (χ3v) is 15.4. The maximum absolute atomic E-state index is 2.69. The molecule has 0 fully saturated rings. The first-order valence-corrected chi connectivity index (χ1v) is 30.0. The van der Waals surface area contributed by atoms with Crippen LogP contribution in [0.25, 0.3) is 0 Å². The van der Waals surface area contributed by atoms with Gasteiger partial charge in [0.05, 0.1) is 0 Å². The van der Waals surface area contributed by atoms with Crippen molar-refractivity contribution in [3.05, 3.63) is 58.7 Å². The van der Waals surface area contributed by atoms with Gasteiger partial charge in [-0.05, 0) is 130 Å². The van der Waals surface area contributed by atoms with Crippen LogP contribution >= 0.6 is 0 Å². The van der Waals surface area contributed by atoms with Gasteiger partial charge in [0.15, 0.2) is 0 Å². The number of aryl methyl sites for hydroxylation is 2. The van der Waals surface area contributed by atoms with Crippen LogP contribution in [0.3, 0.4) is 0 Å². The van der Waals surface area contributed by atoms with E-state index in [4.69, 9.17) is 0 Å². The summed E-state index contributed by atoms with van der Waals surface area (Å²) in [5.74, 6) is 3.49. The highest BCUT2D eigenvalue weighted by molar-refractivity contribution is 5.42. The van der Waals surface area contributed by atoms with E-state index >= 15 is 0 Å². The minimum atomic E-state index is 0.829. The molecule has 1 aliphatic carbocycles. The topological polar surface area (TPSA) is 0 Å². The minimum absolute atomic E-state index is 0.829. The molecular weight excluding hydrogens is 769 g/mol. The molecule has 1 aromatic rings. The first-order chi connectivity index (χ1) is 31.6. The smallest absolute Gasteiger partial charge is 0.0199 e. The molecule has 1 aromatic carbocycles. The maximum Gasteiger partial charge on any atom is -0.0199 e. The number of hydrogen-bond donors (Lipinski definition) is 0. The van der Waals surface area contributed by atoms with Crippen molar-refractivity contribution >= 4 is 0 Å². The Labute approximate surface area is 405 Å². The second-order valence-electron chi connectivity index (χ2n) is 21.1. The zero-order valence-electron chi connectivity index (χ0n) is 45.5. The molecule has 0 N–H and O–H groups in total. The number of unbranched alkanes of at least 4 members (excludes halogenated alkanes) is 27. The van der Waals surface area contributed by atoms with Gasteiger partial charge >= 0.3 is 0 Å². The van der Waals surface area contributed by atoms with Crippen molar-refractivity contribution in [3.8, 4) is 0 Å². The molecule has 4 atom stereocenters. The van der Waals surface area contributed by atoms with Gasteiger partial charge in [0, 0.05) is 0 Å². The highest BCUT2D eigenvalue weighted by Crippen LogP contribution is 2.44. The van der Waals surface area contributed by atoms with Crippen molar-refractivity contribution in [1.82, 2.24) is 0 Å². The van der Waals surface area contributed by atoms with E-state index in [2.05, 4.69) is 91.8 Å². The Kier molecular flexibility index (Phi) is 43.1. The molecule has 64 heavy (non-hydrogen) atoms. The molecule has 0 heterocycles. The summed E-state index contributed by atoms with van der Waals surface area (Å²) in [5.41, 5.74) is 7.02. The van der Waals surface area contributed by atoms with Gasteiger partial charge in [0.25, 0.3) is 0 Å². The molecule has 0 heteroatoms. The fourth-order valence-electron chi connectivity index (χ4n) is 11.2. The first kappa shape index (κ1) is 60.7. The highest BCUT2D eigenvalue weighted by atomic mass is 14.4. The van der Waals surface area contributed by atoms with Gasteiger partial charge in [0.1, 0.15) is 0 Å². The zero-order chi connectivity index (χ0) is 46.6. The van der Waals surface area contributed by atoms with E-state index in [-0.39, 0.29) is 0 Å². The van der Waals surface area contributed by atoms with Crippen LogP contribution in [0.2, 0.25) is 0 Å². The molecule has 0 bridgehead atoms. The fourth-order valence-corrected chi connectivity index (χ4v) is 11.2. The molecule has 1 aliphatic rings. The van der Waals surface area contributed by atoms with Gasteiger partial charge in [-0.1, -0.05) is 278 Å². The molecule has 0 aliphatic heterocycles. The number of rotatable bonds is 43. The van der Waals surface area contributed by atoms with Crippen molar-refractivity contribution < 1.29 is 0 Å². The van der Waals surface area contributed by atoms with Gasteiger partial charge in [0.2, 0.25) is 0 Å². The van der Waals surface area contributed by atoms with Crippen molar-refractivity contribution in [3.63, 3.8) is 0 Å². The lowest BCUT2D eigenvalue weighted by Gasteiger charge is -2.40. The van der Waals surface area contributed by atoms with Gasteiger partial charge in [-0.2, -0.15) is 0 Å². The lowest BCUT2D eigenvalue weighted by Crippen LogP contribution is -2.31. The summed E-state index contributed by atoms with van der Waals surface area (Å²) in [7, 11) is 0. The SMILES string of the molecule is C/C=C/CC1C(CCCCCC)C=CC(CCCCCCC)C1CCCCCCC.CCCCCCCCc1c(CCCCCC)ccc(CCCCCCC)c1CCCCCCC. The number of hydrogen-bond acceptors (Lipinski definition) is 0. The van der Waals surface area contributed by atoms with E-state index < -0.39 is 0 Å². The summed E-state index contributed by atoms with van der Waals surface area (Å²) in [4.78, 5) is 0. The van der Waals surface area contributed by atoms with Crippen molar-refractivity contribution in [1.29, 1.82) is 0 Å². The minimum Gasteiger partial charge on any atom is -0.0917 e. The van der Waals surface area contributed by atoms with Crippen LogP contribution in [-0.2, 0) is 25.7 Å². The number of benzene rings is 1. The van der Waals surface area contributed by atoms with E-state index in [0.29, 0.717) is 0 Å². The molecule has 0 radical (unpaired) electrons. The fraction of sp³-hybridized carbons (Fsp3) is 0.844. The molecule has 0 saturated carbocycles. The van der Waals surface area contributed by atoms with Gasteiger partial charge in [-0.15, -0.1) is 0 Å². The second-order valence-corrected chi connectivity index (χ2v) is 21.1. The van der Waals surface area contributed by atoms with Crippen LogP contribution in [0, 0.1) is 23.7 Å². The third kappa shape index (κ3) is 30.2. The van der Waals surface area contributed by atoms with Crippen LogP contribution in [0.15, 0.2) is 36.4 Å². The van der Waals surface area contributed by atoms with Crippen LogP contribution in [-0.4, -0.2) is 0 Å². The van der Waals surface area contributed by atoms with Crippen LogP contribution < -0.4 is 0 Å². The molecular formula is C64H118. The monoisotopic (exact) mass is 887 g/mol.